The molecule has 1 aromatic rings. The zero-order valence-corrected chi connectivity index (χ0v) is 29.3. The summed E-state index contributed by atoms with van der Waals surface area (Å²) in [7, 11) is 0. The van der Waals surface area contributed by atoms with E-state index in [0.29, 0.717) is 23.3 Å². The number of allylic oxidation sites excluding steroid dienone is 3. The molecule has 4 saturated carbocycles. The van der Waals surface area contributed by atoms with Crippen LogP contribution in [0, 0.1) is 56.7 Å². The maximum absolute atomic E-state index is 14.1. The number of carbonyl (C=O) groups is 2. The number of fused-ring (bicyclic) bond motifs is 7. The molecule has 0 aliphatic heterocycles. The van der Waals surface area contributed by atoms with Crippen LogP contribution in [0.5, 0.6) is 0 Å². The van der Waals surface area contributed by atoms with Crippen LogP contribution < -0.4 is 5.32 Å². The fraction of sp³-hybridized carbons (Fsp3) is 0.700. The lowest BCUT2D eigenvalue weighted by molar-refractivity contribution is -0.225. The lowest BCUT2D eigenvalue weighted by Crippen LogP contribution is -2.66. The number of carboxylic acid groups (broad SMARTS) is 1. The average molecular weight is 648 g/mol. The molecule has 0 saturated heterocycles. The zero-order chi connectivity index (χ0) is 34.3. The monoisotopic (exact) mass is 647 g/mol. The first-order valence-corrected chi connectivity index (χ1v) is 18.0. The molecule has 0 aromatic heterocycles. The molecule has 7 nitrogen and oxygen atoms in total. The minimum absolute atomic E-state index is 0.0394. The Bertz CT molecular complexity index is 1460. The molecular weight excluding hydrogens is 590 g/mol. The van der Waals surface area contributed by atoms with Crippen LogP contribution in [0.4, 0.5) is 0 Å². The summed E-state index contributed by atoms with van der Waals surface area (Å²) in [4.78, 5) is 25.4. The van der Waals surface area contributed by atoms with Gasteiger partial charge < -0.3 is 25.7 Å². The summed E-state index contributed by atoms with van der Waals surface area (Å²) in [6, 6.07) is 7.72. The SMILES string of the molecule is C=C(C)[C@@H]1CC[C@]2(C(=O)NCC(O)C(=O)O)CC[C@]3(C)[C@H](CC[C@@H]4[C@@]5(C)CC=C(c6ccc(C(O)O)cc6)C(C)(C)[C@@H]5CC[C@]43C)[C@@H]12. The van der Waals surface area contributed by atoms with E-state index in [0.717, 1.165) is 68.9 Å². The van der Waals surface area contributed by atoms with Crippen molar-refractivity contribution in [2.24, 2.45) is 56.7 Å². The quantitative estimate of drug-likeness (QED) is 0.162. The fourth-order valence-electron chi connectivity index (χ4n) is 12.9. The van der Waals surface area contributed by atoms with Gasteiger partial charge in [-0.05, 0) is 127 Å². The number of amides is 1. The van der Waals surface area contributed by atoms with Gasteiger partial charge in [-0.2, -0.15) is 0 Å². The van der Waals surface area contributed by atoms with E-state index in [4.69, 9.17) is 0 Å². The first-order valence-electron chi connectivity index (χ1n) is 18.0. The topological polar surface area (TPSA) is 127 Å². The van der Waals surface area contributed by atoms with Gasteiger partial charge in [-0.1, -0.05) is 77.1 Å². The first-order chi connectivity index (χ1) is 21.9. The molecule has 1 aromatic carbocycles. The number of carboxylic acids is 1. The van der Waals surface area contributed by atoms with Gasteiger partial charge in [0.15, 0.2) is 12.4 Å². The molecule has 7 heteroatoms. The molecule has 0 heterocycles. The van der Waals surface area contributed by atoms with Crippen LogP contribution in [0.15, 0.2) is 42.5 Å². The van der Waals surface area contributed by atoms with E-state index in [1.54, 1.807) is 0 Å². The van der Waals surface area contributed by atoms with Crippen molar-refractivity contribution in [1.29, 1.82) is 0 Å². The molecule has 1 amide bonds. The van der Waals surface area contributed by atoms with E-state index in [2.05, 4.69) is 59.5 Å². The minimum atomic E-state index is -1.60. The number of rotatable bonds is 7. The summed E-state index contributed by atoms with van der Waals surface area (Å²) >= 11 is 0. The van der Waals surface area contributed by atoms with E-state index in [1.165, 1.54) is 5.57 Å². The predicted molar refractivity (Wildman–Crippen MR) is 183 cm³/mol. The Morgan fingerprint density at radius 2 is 1.57 bits per heavy atom. The van der Waals surface area contributed by atoms with Crippen LogP contribution in [-0.4, -0.2) is 45.0 Å². The van der Waals surface area contributed by atoms with Gasteiger partial charge in [0, 0.05) is 5.56 Å². The maximum atomic E-state index is 14.1. The van der Waals surface area contributed by atoms with Crippen molar-refractivity contribution in [3.63, 3.8) is 0 Å². The van der Waals surface area contributed by atoms with Crippen LogP contribution in [0.25, 0.3) is 5.57 Å². The molecule has 5 aliphatic carbocycles. The van der Waals surface area contributed by atoms with Crippen LogP contribution in [0.3, 0.4) is 0 Å². The second-order valence-corrected chi connectivity index (χ2v) is 17.4. The third-order valence-corrected chi connectivity index (χ3v) is 15.4. The Labute approximate surface area is 280 Å². The van der Waals surface area contributed by atoms with Crippen molar-refractivity contribution >= 4 is 17.4 Å². The molecule has 10 atom stereocenters. The van der Waals surface area contributed by atoms with Crippen LogP contribution in [0.2, 0.25) is 0 Å². The number of hydrogen-bond donors (Lipinski definition) is 5. The normalized spacial score (nSPS) is 41.1. The second-order valence-electron chi connectivity index (χ2n) is 17.4. The van der Waals surface area contributed by atoms with E-state index >= 15 is 0 Å². The smallest absolute Gasteiger partial charge is 0.334 e. The number of aliphatic hydroxyl groups is 3. The van der Waals surface area contributed by atoms with Crippen molar-refractivity contribution in [2.45, 2.75) is 112 Å². The molecule has 5 N–H and O–H groups in total. The van der Waals surface area contributed by atoms with E-state index < -0.39 is 23.8 Å². The van der Waals surface area contributed by atoms with Crippen molar-refractivity contribution in [3.8, 4) is 0 Å². The Hall–Kier alpha value is -2.48. The minimum Gasteiger partial charge on any atom is -0.479 e. The number of aliphatic hydroxyl groups excluding tert-OH is 2. The standard InChI is InChI=1S/C40H57NO6/c1-23(2)26-14-19-40(35(47)41-22-29(42)34(45)46)21-20-38(6)28(32(26)40)12-13-31-37(5)17-15-27(24-8-10-25(11-9-24)33(43)44)36(3,4)30(37)16-18-39(31,38)7/h8-11,15,26,28-33,42-44H,1,12-14,16-22H2,2-7H3,(H,41,47)(H,45,46)/t26-,28+,29?,30-,31+,32+,37-,38+,39+,40-/m0/s1. The predicted octanol–water partition coefficient (Wildman–Crippen LogP) is 6.88. The summed E-state index contributed by atoms with van der Waals surface area (Å²) in [5.41, 5.74) is 3.90. The van der Waals surface area contributed by atoms with E-state index in [-0.39, 0.29) is 45.9 Å². The van der Waals surface area contributed by atoms with Crippen LogP contribution in [-0.2, 0) is 9.59 Å². The van der Waals surface area contributed by atoms with Crippen LogP contribution >= 0.6 is 0 Å². The molecule has 1 unspecified atom stereocenters. The highest BCUT2D eigenvalue weighted by atomic mass is 16.5. The molecule has 0 radical (unpaired) electrons. The van der Waals surface area contributed by atoms with Gasteiger partial charge in [-0.15, -0.1) is 0 Å². The lowest BCUT2D eigenvalue weighted by Gasteiger charge is -2.72. The number of benzene rings is 1. The summed E-state index contributed by atoms with van der Waals surface area (Å²) < 4.78 is 0. The lowest BCUT2D eigenvalue weighted by atomic mass is 9.32. The fourth-order valence-corrected chi connectivity index (χ4v) is 12.9. The highest BCUT2D eigenvalue weighted by molar-refractivity contribution is 5.84. The number of carbonyl (C=O) groups excluding carboxylic acids is 1. The highest BCUT2D eigenvalue weighted by Crippen LogP contribution is 2.77. The Morgan fingerprint density at radius 3 is 2.19 bits per heavy atom. The average Bonchev–Trinajstić information content (AvgIpc) is 3.41. The Balaban J connectivity index is 1.33. The second kappa shape index (κ2) is 11.6. The molecule has 258 valence electrons. The van der Waals surface area contributed by atoms with E-state index in [9.17, 15) is 30.0 Å². The van der Waals surface area contributed by atoms with E-state index in [1.807, 2.05) is 24.3 Å². The summed E-state index contributed by atoms with van der Waals surface area (Å²) in [5, 5.41) is 41.3. The van der Waals surface area contributed by atoms with Gasteiger partial charge >= 0.3 is 5.97 Å². The third-order valence-electron chi connectivity index (χ3n) is 15.4. The largest absolute Gasteiger partial charge is 0.479 e. The zero-order valence-electron chi connectivity index (χ0n) is 29.3. The van der Waals surface area contributed by atoms with Gasteiger partial charge in [-0.3, -0.25) is 4.79 Å². The molecule has 0 bridgehead atoms. The molecule has 6 rings (SSSR count). The number of hydrogen-bond acceptors (Lipinski definition) is 5. The van der Waals surface area contributed by atoms with Crippen molar-refractivity contribution in [3.05, 3.63) is 53.6 Å². The van der Waals surface area contributed by atoms with Crippen molar-refractivity contribution in [2.75, 3.05) is 6.54 Å². The molecule has 0 spiro atoms. The van der Waals surface area contributed by atoms with Gasteiger partial charge in [-0.25, -0.2) is 4.79 Å². The van der Waals surface area contributed by atoms with Crippen LogP contribution in [0.1, 0.15) is 117 Å². The Morgan fingerprint density at radius 1 is 0.894 bits per heavy atom. The van der Waals surface area contributed by atoms with Gasteiger partial charge in [0.05, 0.1) is 12.0 Å². The number of aliphatic carboxylic acids is 1. The molecule has 4 fully saturated rings. The van der Waals surface area contributed by atoms with Crippen molar-refractivity contribution in [1.82, 2.24) is 5.32 Å². The molecule has 47 heavy (non-hydrogen) atoms. The third kappa shape index (κ3) is 4.92. The summed E-state index contributed by atoms with van der Waals surface area (Å²) in [6.07, 6.45) is 8.46. The van der Waals surface area contributed by atoms with Gasteiger partial charge in [0.1, 0.15) is 0 Å². The Kier molecular flexibility index (Phi) is 8.45. The first kappa shape index (κ1) is 34.4. The van der Waals surface area contributed by atoms with Crippen molar-refractivity contribution < 1.29 is 30.0 Å². The van der Waals surface area contributed by atoms with Gasteiger partial charge in [0.2, 0.25) is 5.91 Å². The highest BCUT2D eigenvalue weighted by Gasteiger charge is 2.71. The number of nitrogens with one attached hydrogen (secondary N) is 1. The summed E-state index contributed by atoms with van der Waals surface area (Å²) in [6.45, 7) is 18.8. The maximum Gasteiger partial charge on any atom is 0.334 e. The molecular formula is C40H57NO6. The van der Waals surface area contributed by atoms with Gasteiger partial charge in [0.25, 0.3) is 0 Å². The molecule has 5 aliphatic rings. The summed E-state index contributed by atoms with van der Waals surface area (Å²) in [5.74, 6) is 0.475.